The van der Waals surface area contributed by atoms with Crippen molar-refractivity contribution >= 4 is 5.91 Å². The van der Waals surface area contributed by atoms with Crippen LogP contribution in [0.2, 0.25) is 0 Å². The average molecular weight is 360 g/mol. The van der Waals surface area contributed by atoms with E-state index in [0.717, 1.165) is 17.7 Å². The zero-order valence-electron chi connectivity index (χ0n) is 15.3. The van der Waals surface area contributed by atoms with Crippen LogP contribution in [-0.2, 0) is 11.2 Å². The minimum Gasteiger partial charge on any atom is -0.441 e. The highest BCUT2D eigenvalue weighted by molar-refractivity contribution is 5.76. The lowest BCUT2D eigenvalue weighted by Gasteiger charge is -2.18. The highest BCUT2D eigenvalue weighted by atomic mass is 16.4. The van der Waals surface area contributed by atoms with Crippen molar-refractivity contribution in [3.05, 3.63) is 78.3 Å². The SMILES string of the molecule is O=C(CCCc1ncc(-c2ccccc2)o1)N[C@@H](c1ccccc1)C1CC1. The van der Waals surface area contributed by atoms with Crippen molar-refractivity contribution in [2.45, 2.75) is 38.1 Å². The van der Waals surface area contributed by atoms with E-state index in [1.165, 1.54) is 18.4 Å². The van der Waals surface area contributed by atoms with Crippen molar-refractivity contribution in [1.82, 2.24) is 10.3 Å². The normalized spacial score (nSPS) is 14.7. The van der Waals surface area contributed by atoms with E-state index >= 15 is 0 Å². The number of hydrogen-bond donors (Lipinski definition) is 1. The number of nitrogens with zero attached hydrogens (tertiary/aromatic N) is 1. The van der Waals surface area contributed by atoms with Gasteiger partial charge in [0, 0.05) is 18.4 Å². The van der Waals surface area contributed by atoms with Crippen LogP contribution in [0.4, 0.5) is 0 Å². The highest BCUT2D eigenvalue weighted by Crippen LogP contribution is 2.41. The summed E-state index contributed by atoms with van der Waals surface area (Å²) >= 11 is 0. The van der Waals surface area contributed by atoms with E-state index in [0.29, 0.717) is 24.7 Å². The van der Waals surface area contributed by atoms with Gasteiger partial charge in [-0.3, -0.25) is 4.79 Å². The van der Waals surface area contributed by atoms with Gasteiger partial charge in [-0.25, -0.2) is 4.98 Å². The quantitative estimate of drug-likeness (QED) is 0.619. The summed E-state index contributed by atoms with van der Waals surface area (Å²) in [6, 6.07) is 20.3. The molecule has 3 aromatic rings. The van der Waals surface area contributed by atoms with Crippen LogP contribution in [0.1, 0.15) is 43.2 Å². The second kappa shape index (κ2) is 8.21. The van der Waals surface area contributed by atoms with E-state index in [1.54, 1.807) is 6.20 Å². The Morgan fingerprint density at radius 3 is 2.48 bits per heavy atom. The monoisotopic (exact) mass is 360 g/mol. The number of aryl methyl sites for hydroxylation is 1. The third-order valence-electron chi connectivity index (χ3n) is 4.97. The van der Waals surface area contributed by atoms with Crippen molar-refractivity contribution in [2.24, 2.45) is 5.92 Å². The van der Waals surface area contributed by atoms with Crippen LogP contribution in [0.5, 0.6) is 0 Å². The molecule has 0 saturated heterocycles. The fourth-order valence-electron chi connectivity index (χ4n) is 3.37. The lowest BCUT2D eigenvalue weighted by Crippen LogP contribution is -2.29. The summed E-state index contributed by atoms with van der Waals surface area (Å²) in [6.07, 6.45) is 6.02. The maximum Gasteiger partial charge on any atom is 0.220 e. The third-order valence-corrected chi connectivity index (χ3v) is 4.97. The van der Waals surface area contributed by atoms with Gasteiger partial charge in [0.2, 0.25) is 5.91 Å². The summed E-state index contributed by atoms with van der Waals surface area (Å²) in [4.78, 5) is 16.8. The zero-order chi connectivity index (χ0) is 18.5. The molecule has 1 aliphatic rings. The molecule has 1 saturated carbocycles. The van der Waals surface area contributed by atoms with Crippen molar-refractivity contribution in [3.8, 4) is 11.3 Å². The number of rotatable bonds is 8. The number of nitrogens with one attached hydrogen (secondary N) is 1. The largest absolute Gasteiger partial charge is 0.441 e. The Hall–Kier alpha value is -2.88. The zero-order valence-corrected chi connectivity index (χ0v) is 15.3. The van der Waals surface area contributed by atoms with Gasteiger partial charge in [0.1, 0.15) is 0 Å². The standard InChI is InChI=1S/C23H24N2O2/c26-21(25-23(19-14-15-19)18-10-5-2-6-11-18)12-7-13-22-24-16-20(27-22)17-8-3-1-4-9-17/h1-6,8-11,16,19,23H,7,12-15H2,(H,25,26)/t23-/m0/s1. The van der Waals surface area contributed by atoms with Crippen LogP contribution < -0.4 is 5.32 Å². The summed E-state index contributed by atoms with van der Waals surface area (Å²) in [5.41, 5.74) is 2.22. The number of aromatic nitrogens is 1. The molecule has 1 amide bonds. The van der Waals surface area contributed by atoms with E-state index in [-0.39, 0.29) is 11.9 Å². The van der Waals surface area contributed by atoms with Crippen LogP contribution in [-0.4, -0.2) is 10.9 Å². The van der Waals surface area contributed by atoms with Gasteiger partial charge < -0.3 is 9.73 Å². The number of carbonyl (C=O) groups excluding carboxylic acids is 1. The first-order valence-corrected chi connectivity index (χ1v) is 9.64. The van der Waals surface area contributed by atoms with E-state index in [1.807, 2.05) is 48.5 Å². The second-order valence-electron chi connectivity index (χ2n) is 7.13. The van der Waals surface area contributed by atoms with Gasteiger partial charge in [-0.1, -0.05) is 60.7 Å². The smallest absolute Gasteiger partial charge is 0.220 e. The summed E-state index contributed by atoms with van der Waals surface area (Å²) in [5, 5.41) is 3.22. The molecule has 4 rings (SSSR count). The molecule has 4 heteroatoms. The fraction of sp³-hybridized carbons (Fsp3) is 0.304. The summed E-state index contributed by atoms with van der Waals surface area (Å²) in [5.74, 6) is 2.14. The summed E-state index contributed by atoms with van der Waals surface area (Å²) in [6.45, 7) is 0. The number of amides is 1. The second-order valence-corrected chi connectivity index (χ2v) is 7.13. The molecule has 138 valence electrons. The Balaban J connectivity index is 1.28. The molecule has 0 unspecified atom stereocenters. The van der Waals surface area contributed by atoms with Gasteiger partial charge in [-0.15, -0.1) is 0 Å². The molecule has 1 fully saturated rings. The number of benzene rings is 2. The lowest BCUT2D eigenvalue weighted by molar-refractivity contribution is -0.122. The van der Waals surface area contributed by atoms with E-state index in [4.69, 9.17) is 4.42 Å². The third kappa shape index (κ3) is 4.64. The molecule has 1 heterocycles. The number of oxazole rings is 1. The van der Waals surface area contributed by atoms with Gasteiger partial charge >= 0.3 is 0 Å². The minimum atomic E-state index is 0.102. The van der Waals surface area contributed by atoms with Crippen LogP contribution in [0.15, 0.2) is 71.3 Å². The van der Waals surface area contributed by atoms with Crippen LogP contribution in [0.3, 0.4) is 0 Å². The molecular weight excluding hydrogens is 336 g/mol. The number of carbonyl (C=O) groups is 1. The molecule has 4 nitrogen and oxygen atoms in total. The topological polar surface area (TPSA) is 55.1 Å². The fourth-order valence-corrected chi connectivity index (χ4v) is 3.37. The summed E-state index contributed by atoms with van der Waals surface area (Å²) in [7, 11) is 0. The first kappa shape index (κ1) is 17.5. The average Bonchev–Trinajstić information content (AvgIpc) is 3.45. The van der Waals surface area contributed by atoms with Crippen LogP contribution in [0.25, 0.3) is 11.3 Å². The Morgan fingerprint density at radius 2 is 1.78 bits per heavy atom. The Kier molecular flexibility index (Phi) is 5.33. The molecule has 1 atom stereocenters. The number of hydrogen-bond acceptors (Lipinski definition) is 3. The van der Waals surface area contributed by atoms with E-state index in [2.05, 4.69) is 22.4 Å². The van der Waals surface area contributed by atoms with E-state index in [9.17, 15) is 4.79 Å². The molecular formula is C23H24N2O2. The molecule has 1 aromatic heterocycles. The predicted octanol–water partition coefficient (Wildman–Crippen LogP) is 4.93. The van der Waals surface area contributed by atoms with E-state index < -0.39 is 0 Å². The first-order chi connectivity index (χ1) is 13.3. The predicted molar refractivity (Wildman–Crippen MR) is 105 cm³/mol. The van der Waals surface area contributed by atoms with Crippen LogP contribution in [0, 0.1) is 5.92 Å². The van der Waals surface area contributed by atoms with Crippen LogP contribution >= 0.6 is 0 Å². The van der Waals surface area contributed by atoms with Crippen molar-refractivity contribution in [3.63, 3.8) is 0 Å². The first-order valence-electron chi connectivity index (χ1n) is 9.64. The molecule has 1 aliphatic carbocycles. The van der Waals surface area contributed by atoms with Crippen molar-refractivity contribution < 1.29 is 9.21 Å². The van der Waals surface area contributed by atoms with Gasteiger partial charge in [0.05, 0.1) is 12.2 Å². The molecule has 1 N–H and O–H groups in total. The maximum absolute atomic E-state index is 12.4. The molecule has 0 radical (unpaired) electrons. The highest BCUT2D eigenvalue weighted by Gasteiger charge is 2.33. The molecule has 27 heavy (non-hydrogen) atoms. The minimum absolute atomic E-state index is 0.102. The van der Waals surface area contributed by atoms with Gasteiger partial charge in [-0.05, 0) is 30.7 Å². The molecule has 0 spiro atoms. The van der Waals surface area contributed by atoms with Crippen molar-refractivity contribution in [1.29, 1.82) is 0 Å². The van der Waals surface area contributed by atoms with Crippen molar-refractivity contribution in [2.75, 3.05) is 0 Å². The maximum atomic E-state index is 12.4. The molecule has 0 aliphatic heterocycles. The lowest BCUT2D eigenvalue weighted by atomic mass is 10.0. The Morgan fingerprint density at radius 1 is 1.07 bits per heavy atom. The van der Waals surface area contributed by atoms with Gasteiger partial charge in [0.15, 0.2) is 11.7 Å². The molecule has 0 bridgehead atoms. The molecule has 2 aromatic carbocycles. The Bertz CT molecular complexity index is 870. The van der Waals surface area contributed by atoms with Gasteiger partial charge in [-0.2, -0.15) is 0 Å². The van der Waals surface area contributed by atoms with Gasteiger partial charge in [0.25, 0.3) is 0 Å². The Labute approximate surface area is 159 Å². The summed E-state index contributed by atoms with van der Waals surface area (Å²) < 4.78 is 5.81.